The van der Waals surface area contributed by atoms with Crippen molar-refractivity contribution in [3.05, 3.63) is 71.5 Å². The molecule has 0 spiro atoms. The predicted molar refractivity (Wildman–Crippen MR) is 131 cm³/mol. The molecule has 1 aliphatic heterocycles. The number of nitrogens with one attached hydrogen (secondary N) is 3. The number of sulfonamides is 1. The van der Waals surface area contributed by atoms with Gasteiger partial charge in [0.15, 0.2) is 11.5 Å². The molecule has 0 saturated carbocycles. The summed E-state index contributed by atoms with van der Waals surface area (Å²) in [6.45, 7) is 1.27. The summed E-state index contributed by atoms with van der Waals surface area (Å²) in [6, 6.07) is 10.4. The Morgan fingerprint density at radius 3 is 2.68 bits per heavy atom. The first kappa shape index (κ1) is 26.5. The van der Waals surface area contributed by atoms with E-state index in [-0.39, 0.29) is 24.1 Å². The van der Waals surface area contributed by atoms with Gasteiger partial charge in [-0.15, -0.1) is 0 Å². The van der Waals surface area contributed by atoms with Crippen LogP contribution in [0.2, 0.25) is 0 Å². The fourth-order valence-electron chi connectivity index (χ4n) is 3.97. The molecule has 3 aromatic rings. The maximum absolute atomic E-state index is 13.3. The van der Waals surface area contributed by atoms with Gasteiger partial charge in [0, 0.05) is 24.7 Å². The van der Waals surface area contributed by atoms with Crippen molar-refractivity contribution in [2.24, 2.45) is 0 Å². The molecule has 5 N–H and O–H groups in total. The zero-order chi connectivity index (χ0) is 26.6. The quantitative estimate of drug-likeness (QED) is 0.366. The highest BCUT2D eigenvalue weighted by molar-refractivity contribution is 7.89. The third-order valence-electron chi connectivity index (χ3n) is 5.82. The number of hydrogen-bond donors (Lipinski definition) is 4. The van der Waals surface area contributed by atoms with Gasteiger partial charge in [0.1, 0.15) is 0 Å². The number of nitrogens with zero attached hydrogens (tertiary/aromatic N) is 2. The minimum absolute atomic E-state index is 0.0297. The summed E-state index contributed by atoms with van der Waals surface area (Å²) in [4.78, 5) is 20.3. The van der Waals surface area contributed by atoms with E-state index in [2.05, 4.69) is 25.3 Å². The molecule has 37 heavy (non-hydrogen) atoms. The van der Waals surface area contributed by atoms with Crippen molar-refractivity contribution in [1.82, 2.24) is 25.3 Å². The number of alkyl halides is 3. The van der Waals surface area contributed by atoms with Crippen molar-refractivity contribution < 1.29 is 26.4 Å². The molecule has 1 atom stereocenters. The van der Waals surface area contributed by atoms with E-state index >= 15 is 0 Å². The van der Waals surface area contributed by atoms with Gasteiger partial charge in [0.2, 0.25) is 10.0 Å². The Labute approximate surface area is 211 Å². The molecule has 0 bridgehead atoms. The van der Waals surface area contributed by atoms with Crippen molar-refractivity contribution in [2.45, 2.75) is 36.5 Å². The molecular weight excluding hydrogens is 509 g/mol. The van der Waals surface area contributed by atoms with E-state index in [0.717, 1.165) is 31.5 Å². The van der Waals surface area contributed by atoms with E-state index in [1.807, 2.05) is 0 Å². The summed E-state index contributed by atoms with van der Waals surface area (Å²) in [6.07, 6.45) is -1.67. The van der Waals surface area contributed by atoms with E-state index in [0.29, 0.717) is 29.4 Å². The topological polar surface area (TPSA) is 139 Å². The van der Waals surface area contributed by atoms with Crippen LogP contribution in [-0.4, -0.2) is 43.4 Å². The van der Waals surface area contributed by atoms with E-state index in [1.165, 1.54) is 12.3 Å². The number of hydrogen-bond acceptors (Lipinski definition) is 7. The van der Waals surface area contributed by atoms with E-state index < -0.39 is 32.6 Å². The number of carbonyl (C=O) groups is 1. The van der Waals surface area contributed by atoms with Crippen LogP contribution in [0.1, 0.15) is 34.5 Å². The SMILES string of the molecule is Nc1ncc(-c2cccc(CNS(=O)(=O)c3ccccc3C(F)(F)F)c2)nc1C(=O)NC1CCCNC1. The second-order valence-corrected chi connectivity index (χ2v) is 10.3. The predicted octanol–water partition coefficient (Wildman–Crippen LogP) is 2.70. The van der Waals surface area contributed by atoms with Gasteiger partial charge in [0.25, 0.3) is 5.91 Å². The molecule has 1 unspecified atom stereocenters. The summed E-state index contributed by atoms with van der Waals surface area (Å²) in [5.74, 6) is -0.481. The van der Waals surface area contributed by atoms with Gasteiger partial charge in [-0.25, -0.2) is 23.1 Å². The molecule has 0 radical (unpaired) electrons. The lowest BCUT2D eigenvalue weighted by molar-refractivity contribution is -0.139. The van der Waals surface area contributed by atoms with Crippen LogP contribution in [0.5, 0.6) is 0 Å². The van der Waals surface area contributed by atoms with Crippen LogP contribution >= 0.6 is 0 Å². The van der Waals surface area contributed by atoms with Crippen LogP contribution in [0.3, 0.4) is 0 Å². The second-order valence-electron chi connectivity index (χ2n) is 8.52. The second kappa shape index (κ2) is 10.8. The number of benzene rings is 2. The Balaban J connectivity index is 1.52. The largest absolute Gasteiger partial charge is 0.417 e. The average molecular weight is 535 g/mol. The van der Waals surface area contributed by atoms with Gasteiger partial charge >= 0.3 is 6.18 Å². The molecule has 13 heteroatoms. The maximum Gasteiger partial charge on any atom is 0.417 e. The fraction of sp³-hybridized carbons (Fsp3) is 0.292. The number of aromatic nitrogens is 2. The third-order valence-corrected chi connectivity index (χ3v) is 7.28. The summed E-state index contributed by atoms with van der Waals surface area (Å²) in [5.41, 5.74) is 5.92. The van der Waals surface area contributed by atoms with Gasteiger partial charge < -0.3 is 16.4 Å². The van der Waals surface area contributed by atoms with Crippen molar-refractivity contribution in [2.75, 3.05) is 18.8 Å². The lowest BCUT2D eigenvalue weighted by Gasteiger charge is -2.23. The molecule has 4 rings (SSSR count). The van der Waals surface area contributed by atoms with Crippen LogP contribution in [0.25, 0.3) is 11.3 Å². The van der Waals surface area contributed by atoms with Crippen molar-refractivity contribution in [3.63, 3.8) is 0 Å². The number of piperidine rings is 1. The zero-order valence-electron chi connectivity index (χ0n) is 19.5. The van der Waals surface area contributed by atoms with Crippen LogP contribution in [-0.2, 0) is 22.7 Å². The van der Waals surface area contributed by atoms with Gasteiger partial charge in [-0.3, -0.25) is 4.79 Å². The summed E-state index contributed by atoms with van der Waals surface area (Å²) in [5, 5.41) is 6.10. The Hall–Kier alpha value is -3.55. The Bertz CT molecular complexity index is 1390. The van der Waals surface area contributed by atoms with Crippen LogP contribution in [0.15, 0.2) is 59.6 Å². The molecule has 1 aliphatic rings. The summed E-state index contributed by atoms with van der Waals surface area (Å²) >= 11 is 0. The lowest BCUT2D eigenvalue weighted by atomic mass is 10.1. The maximum atomic E-state index is 13.3. The highest BCUT2D eigenvalue weighted by atomic mass is 32.2. The third kappa shape index (κ3) is 6.42. The van der Waals surface area contributed by atoms with Crippen LogP contribution < -0.4 is 21.1 Å². The number of amides is 1. The molecule has 2 heterocycles. The summed E-state index contributed by atoms with van der Waals surface area (Å²) in [7, 11) is -4.46. The average Bonchev–Trinajstić information content (AvgIpc) is 2.88. The fourth-order valence-corrected chi connectivity index (χ4v) is 5.21. The first-order valence-electron chi connectivity index (χ1n) is 11.4. The van der Waals surface area contributed by atoms with E-state index in [4.69, 9.17) is 5.73 Å². The number of halogens is 3. The van der Waals surface area contributed by atoms with Gasteiger partial charge in [-0.1, -0.05) is 30.3 Å². The molecule has 2 aromatic carbocycles. The number of carbonyl (C=O) groups excluding carboxylic acids is 1. The number of rotatable bonds is 7. The van der Waals surface area contributed by atoms with Gasteiger partial charge in [0.05, 0.1) is 22.3 Å². The normalized spacial score (nSPS) is 16.4. The molecule has 196 valence electrons. The van der Waals surface area contributed by atoms with Crippen LogP contribution in [0.4, 0.5) is 19.0 Å². The summed E-state index contributed by atoms with van der Waals surface area (Å²) < 4.78 is 67.4. The Morgan fingerprint density at radius 2 is 1.95 bits per heavy atom. The molecular formula is C24H25F3N6O3S. The van der Waals surface area contributed by atoms with Gasteiger partial charge in [-0.05, 0) is 43.1 Å². The minimum Gasteiger partial charge on any atom is -0.382 e. The molecule has 1 saturated heterocycles. The lowest BCUT2D eigenvalue weighted by Crippen LogP contribution is -2.46. The monoisotopic (exact) mass is 534 g/mol. The number of nitrogens with two attached hydrogens (primary N) is 1. The molecule has 1 aromatic heterocycles. The van der Waals surface area contributed by atoms with Crippen LogP contribution in [0, 0.1) is 0 Å². The molecule has 1 fully saturated rings. The highest BCUT2D eigenvalue weighted by Crippen LogP contribution is 2.34. The minimum atomic E-state index is -4.82. The first-order chi connectivity index (χ1) is 17.5. The van der Waals surface area contributed by atoms with Crippen molar-refractivity contribution in [3.8, 4) is 11.3 Å². The zero-order valence-corrected chi connectivity index (χ0v) is 20.4. The van der Waals surface area contributed by atoms with Crippen molar-refractivity contribution >= 4 is 21.7 Å². The van der Waals surface area contributed by atoms with Crippen molar-refractivity contribution in [1.29, 1.82) is 0 Å². The number of anilines is 1. The number of nitrogen functional groups attached to an aromatic ring is 1. The molecule has 9 nitrogen and oxygen atoms in total. The smallest absolute Gasteiger partial charge is 0.382 e. The molecule has 1 amide bonds. The first-order valence-corrected chi connectivity index (χ1v) is 12.9. The standard InChI is InChI=1S/C24H25F3N6O3S/c25-24(26,27)18-8-1-2-9-20(18)37(35,36)31-12-15-5-3-6-16(11-15)19-14-30-22(28)21(33-19)23(34)32-17-7-4-10-29-13-17/h1-3,5-6,8-9,11,14,17,29,31H,4,7,10,12-13H2,(H2,28,30)(H,32,34). The van der Waals surface area contributed by atoms with E-state index in [1.54, 1.807) is 24.3 Å². The van der Waals surface area contributed by atoms with E-state index in [9.17, 15) is 26.4 Å². The highest BCUT2D eigenvalue weighted by Gasteiger charge is 2.36. The Morgan fingerprint density at radius 1 is 1.16 bits per heavy atom. The van der Waals surface area contributed by atoms with Gasteiger partial charge in [-0.2, -0.15) is 13.2 Å². The Kier molecular flexibility index (Phi) is 7.76. The molecule has 0 aliphatic carbocycles.